The fraction of sp³-hybridized carbons (Fsp3) is 0.600. The highest BCUT2D eigenvalue weighted by atomic mass is 32.2. The van der Waals surface area contributed by atoms with Crippen LogP contribution in [0.5, 0.6) is 0 Å². The van der Waals surface area contributed by atoms with Crippen molar-refractivity contribution in [3.05, 3.63) is 18.2 Å². The van der Waals surface area contributed by atoms with E-state index in [9.17, 15) is 8.42 Å². The third-order valence-corrected chi connectivity index (χ3v) is 5.18. The first-order chi connectivity index (χ1) is 9.84. The van der Waals surface area contributed by atoms with E-state index < -0.39 is 9.84 Å². The lowest BCUT2D eigenvalue weighted by molar-refractivity contribution is 0.203. The molecule has 2 N–H and O–H groups in total. The Kier molecular flexibility index (Phi) is 4.78. The molecular formula is C15H24N2O3S. The normalized spacial score (nSPS) is 16.7. The molecule has 1 aromatic carbocycles. The first-order valence-electron chi connectivity index (χ1n) is 7.19. The maximum Gasteiger partial charge on any atom is 0.175 e. The average Bonchev–Trinajstić information content (AvgIpc) is 3.23. The zero-order valence-corrected chi connectivity index (χ0v) is 13.7. The van der Waals surface area contributed by atoms with E-state index in [1.807, 2.05) is 0 Å². The quantitative estimate of drug-likeness (QED) is 0.779. The van der Waals surface area contributed by atoms with Crippen molar-refractivity contribution in [2.45, 2.75) is 30.7 Å². The van der Waals surface area contributed by atoms with E-state index in [0.29, 0.717) is 24.3 Å². The minimum absolute atomic E-state index is 0.259. The molecule has 1 aliphatic rings. The number of anilines is 2. The van der Waals surface area contributed by atoms with Gasteiger partial charge >= 0.3 is 0 Å². The van der Waals surface area contributed by atoms with Crippen LogP contribution in [0.3, 0.4) is 0 Å². The summed E-state index contributed by atoms with van der Waals surface area (Å²) in [7, 11) is -1.56. The van der Waals surface area contributed by atoms with Gasteiger partial charge in [-0.2, -0.15) is 0 Å². The third kappa shape index (κ3) is 3.89. The molecule has 1 atom stereocenters. The number of rotatable bonds is 7. The van der Waals surface area contributed by atoms with E-state index in [1.165, 1.54) is 19.1 Å². The van der Waals surface area contributed by atoms with E-state index in [4.69, 9.17) is 10.5 Å². The van der Waals surface area contributed by atoms with Gasteiger partial charge in [-0.1, -0.05) is 0 Å². The minimum atomic E-state index is -3.23. The van der Waals surface area contributed by atoms with Crippen LogP contribution in [0.4, 0.5) is 11.4 Å². The second kappa shape index (κ2) is 6.23. The number of nitrogens with two attached hydrogens (primary N) is 1. The predicted octanol–water partition coefficient (Wildman–Crippen LogP) is 1.92. The van der Waals surface area contributed by atoms with Crippen molar-refractivity contribution in [1.82, 2.24) is 0 Å². The Hall–Kier alpha value is -1.27. The number of ether oxygens (including phenoxy) is 1. The summed E-state index contributed by atoms with van der Waals surface area (Å²) >= 11 is 0. The van der Waals surface area contributed by atoms with Crippen LogP contribution in [0.25, 0.3) is 0 Å². The molecule has 0 saturated heterocycles. The van der Waals surface area contributed by atoms with Gasteiger partial charge in [-0.05, 0) is 43.9 Å². The van der Waals surface area contributed by atoms with Crippen molar-refractivity contribution in [3.8, 4) is 0 Å². The highest BCUT2D eigenvalue weighted by molar-refractivity contribution is 7.90. The molecule has 0 aliphatic heterocycles. The fourth-order valence-corrected chi connectivity index (χ4v) is 3.25. The van der Waals surface area contributed by atoms with E-state index in [-0.39, 0.29) is 4.90 Å². The van der Waals surface area contributed by atoms with Gasteiger partial charge in [-0.15, -0.1) is 0 Å². The summed E-state index contributed by atoms with van der Waals surface area (Å²) < 4.78 is 28.4. The van der Waals surface area contributed by atoms with Gasteiger partial charge < -0.3 is 15.4 Å². The Morgan fingerprint density at radius 2 is 2.10 bits per heavy atom. The highest BCUT2D eigenvalue weighted by Gasteiger charge is 2.32. The molecule has 1 fully saturated rings. The summed E-state index contributed by atoms with van der Waals surface area (Å²) in [5, 5.41) is 0. The number of hydrogen-bond acceptors (Lipinski definition) is 5. The second-order valence-electron chi connectivity index (χ2n) is 5.76. The molecule has 0 bridgehead atoms. The van der Waals surface area contributed by atoms with Crippen molar-refractivity contribution < 1.29 is 13.2 Å². The van der Waals surface area contributed by atoms with Crippen LogP contribution in [0.1, 0.15) is 19.8 Å². The first-order valence-corrected chi connectivity index (χ1v) is 9.09. The lowest BCUT2D eigenvalue weighted by Crippen LogP contribution is -2.37. The molecule has 0 radical (unpaired) electrons. The molecule has 0 amide bonds. The lowest BCUT2D eigenvalue weighted by Gasteiger charge is -2.32. The summed E-state index contributed by atoms with van der Waals surface area (Å²) in [6.07, 6.45) is 3.68. The molecular weight excluding hydrogens is 288 g/mol. The summed E-state index contributed by atoms with van der Waals surface area (Å²) in [4.78, 5) is 2.48. The maximum absolute atomic E-state index is 11.6. The number of nitrogens with zero attached hydrogens (tertiary/aromatic N) is 1. The third-order valence-electron chi connectivity index (χ3n) is 4.07. The first kappa shape index (κ1) is 16.1. The van der Waals surface area contributed by atoms with Crippen molar-refractivity contribution in [2.75, 3.05) is 37.2 Å². The van der Waals surface area contributed by atoms with E-state index in [0.717, 1.165) is 12.2 Å². The van der Waals surface area contributed by atoms with E-state index in [2.05, 4.69) is 11.8 Å². The van der Waals surface area contributed by atoms with Crippen LogP contribution in [-0.2, 0) is 14.6 Å². The monoisotopic (exact) mass is 312 g/mol. The topological polar surface area (TPSA) is 72.6 Å². The summed E-state index contributed by atoms with van der Waals surface area (Å²) in [5.41, 5.74) is 7.49. The fourth-order valence-electron chi connectivity index (χ4n) is 2.59. The van der Waals surface area contributed by atoms with Crippen molar-refractivity contribution in [3.63, 3.8) is 0 Å². The van der Waals surface area contributed by atoms with Gasteiger partial charge in [0.2, 0.25) is 0 Å². The maximum atomic E-state index is 11.6. The Morgan fingerprint density at radius 3 is 2.57 bits per heavy atom. The average molecular weight is 312 g/mol. The van der Waals surface area contributed by atoms with Gasteiger partial charge in [-0.25, -0.2) is 8.42 Å². The van der Waals surface area contributed by atoms with Crippen molar-refractivity contribution in [1.29, 1.82) is 0 Å². The molecule has 1 unspecified atom stereocenters. The predicted molar refractivity (Wildman–Crippen MR) is 85.4 cm³/mol. The molecule has 0 heterocycles. The number of benzene rings is 1. The van der Waals surface area contributed by atoms with E-state index in [1.54, 1.807) is 25.3 Å². The summed E-state index contributed by atoms with van der Waals surface area (Å²) in [5.74, 6) is 0.691. The van der Waals surface area contributed by atoms with Gasteiger partial charge in [0.25, 0.3) is 0 Å². The Balaban J connectivity index is 2.30. The zero-order chi connectivity index (χ0) is 15.6. The Morgan fingerprint density at radius 1 is 1.43 bits per heavy atom. The Bertz CT molecular complexity index is 597. The van der Waals surface area contributed by atoms with Crippen LogP contribution in [-0.4, -0.2) is 41.0 Å². The van der Waals surface area contributed by atoms with Gasteiger partial charge in [0.1, 0.15) is 0 Å². The molecule has 5 nitrogen and oxygen atoms in total. The van der Waals surface area contributed by atoms with Gasteiger partial charge in [-0.3, -0.25) is 0 Å². The molecule has 21 heavy (non-hydrogen) atoms. The number of sulfone groups is 1. The number of hydrogen-bond donors (Lipinski definition) is 1. The molecule has 1 aliphatic carbocycles. The molecule has 1 aromatic rings. The van der Waals surface area contributed by atoms with Gasteiger partial charge in [0, 0.05) is 26.0 Å². The number of methoxy groups -OCH3 is 1. The van der Waals surface area contributed by atoms with Crippen LogP contribution in [0.2, 0.25) is 0 Å². The van der Waals surface area contributed by atoms with Crippen LogP contribution < -0.4 is 10.6 Å². The SMILES string of the molecule is COCCN(c1ccc(S(C)(=O)=O)cc1N)C(C)C1CC1. The minimum Gasteiger partial charge on any atom is -0.397 e. The van der Waals surface area contributed by atoms with E-state index >= 15 is 0 Å². The van der Waals surface area contributed by atoms with Crippen molar-refractivity contribution >= 4 is 21.2 Å². The van der Waals surface area contributed by atoms with Crippen LogP contribution in [0.15, 0.2) is 23.1 Å². The lowest BCUT2D eigenvalue weighted by atomic mass is 10.1. The Labute approximate surface area is 127 Å². The van der Waals surface area contributed by atoms with Crippen LogP contribution >= 0.6 is 0 Å². The summed E-state index contributed by atoms with van der Waals surface area (Å²) in [6.45, 7) is 3.55. The number of nitrogen functional groups attached to an aromatic ring is 1. The van der Waals surface area contributed by atoms with Crippen LogP contribution in [0, 0.1) is 5.92 Å². The second-order valence-corrected chi connectivity index (χ2v) is 7.77. The molecule has 2 rings (SSSR count). The highest BCUT2D eigenvalue weighted by Crippen LogP contribution is 2.38. The molecule has 6 heteroatoms. The molecule has 1 saturated carbocycles. The smallest absolute Gasteiger partial charge is 0.175 e. The van der Waals surface area contributed by atoms with Gasteiger partial charge in [0.05, 0.1) is 22.9 Å². The zero-order valence-electron chi connectivity index (χ0n) is 12.9. The largest absolute Gasteiger partial charge is 0.397 e. The standard InChI is InChI=1S/C15H24N2O3S/c1-11(12-4-5-12)17(8-9-20-2)15-7-6-13(10-14(15)16)21(3,18)19/h6-7,10-12H,4-5,8-9,16H2,1-3H3. The van der Waals surface area contributed by atoms with Gasteiger partial charge in [0.15, 0.2) is 9.84 Å². The molecule has 0 spiro atoms. The summed E-state index contributed by atoms with van der Waals surface area (Å²) in [6, 6.07) is 5.36. The van der Waals surface area contributed by atoms with Crippen molar-refractivity contribution in [2.24, 2.45) is 5.92 Å². The molecule has 118 valence electrons. The molecule has 0 aromatic heterocycles.